The molecular formula is C12H8N2O2S. The standard InChI is InChI=1S/C12H8N2O2S/c15-11(16)6-17-10-5-14-12-7-3-4-13-9(7)2-1-8(10)12/h1-5H,6H2,(H,15,16). The van der Waals surface area contributed by atoms with Crippen LogP contribution in [0.3, 0.4) is 0 Å². The number of carboxylic acid groups (broad SMARTS) is 1. The quantitative estimate of drug-likeness (QED) is 0.860. The molecule has 0 radical (unpaired) electrons. The van der Waals surface area contributed by atoms with Crippen molar-refractivity contribution in [2.45, 2.75) is 0 Å². The smallest absolute Gasteiger partial charge is 0.313 e. The molecule has 2 heterocycles. The van der Waals surface area contributed by atoms with Crippen LogP contribution in [0.1, 0.15) is 5.56 Å². The van der Waals surface area contributed by atoms with Crippen LogP contribution in [0.5, 0.6) is 0 Å². The number of nitrogens with zero attached hydrogens (tertiary/aromatic N) is 2. The third-order valence-electron chi connectivity index (χ3n) is 2.58. The van der Waals surface area contributed by atoms with E-state index >= 15 is 0 Å². The molecule has 2 aliphatic rings. The van der Waals surface area contributed by atoms with E-state index in [4.69, 9.17) is 5.11 Å². The molecule has 0 aromatic heterocycles. The highest BCUT2D eigenvalue weighted by Gasteiger charge is 2.14. The predicted molar refractivity (Wildman–Crippen MR) is 67.9 cm³/mol. The van der Waals surface area contributed by atoms with Crippen LogP contribution in [0.25, 0.3) is 11.0 Å². The largest absolute Gasteiger partial charge is 0.481 e. The molecule has 0 fully saturated rings. The summed E-state index contributed by atoms with van der Waals surface area (Å²) < 4.78 is 0. The zero-order valence-corrected chi connectivity index (χ0v) is 9.57. The van der Waals surface area contributed by atoms with Crippen LogP contribution >= 0.6 is 11.8 Å². The van der Waals surface area contributed by atoms with E-state index in [1.807, 2.05) is 18.2 Å². The molecular weight excluding hydrogens is 236 g/mol. The molecule has 0 spiro atoms. The van der Waals surface area contributed by atoms with Gasteiger partial charge in [0.25, 0.3) is 0 Å². The lowest BCUT2D eigenvalue weighted by molar-refractivity contribution is -0.133. The molecule has 84 valence electrons. The number of hydrogen-bond acceptors (Lipinski definition) is 4. The van der Waals surface area contributed by atoms with E-state index in [1.54, 1.807) is 12.4 Å². The number of benzene rings is 1. The lowest BCUT2D eigenvalue weighted by Gasteiger charge is -2.01. The highest BCUT2D eigenvalue weighted by atomic mass is 32.2. The van der Waals surface area contributed by atoms with Gasteiger partial charge in [-0.1, -0.05) is 0 Å². The predicted octanol–water partition coefficient (Wildman–Crippen LogP) is 0.932. The zero-order chi connectivity index (χ0) is 11.8. The minimum absolute atomic E-state index is 0.0537. The zero-order valence-electron chi connectivity index (χ0n) is 8.75. The second kappa shape index (κ2) is 3.85. The Kier molecular flexibility index (Phi) is 2.33. The first kappa shape index (κ1) is 10.3. The fourth-order valence-corrected chi connectivity index (χ4v) is 2.58. The first-order chi connectivity index (χ1) is 8.25. The molecule has 17 heavy (non-hydrogen) atoms. The molecule has 0 aliphatic carbocycles. The fraction of sp³-hybridized carbons (Fsp3) is 0.0833. The van der Waals surface area contributed by atoms with Crippen LogP contribution in [0.15, 0.2) is 28.3 Å². The van der Waals surface area contributed by atoms with E-state index in [2.05, 4.69) is 9.98 Å². The van der Waals surface area contributed by atoms with Crippen molar-refractivity contribution < 1.29 is 9.90 Å². The minimum atomic E-state index is -0.819. The maximum Gasteiger partial charge on any atom is 0.313 e. The Hall–Kier alpha value is -1.88. The summed E-state index contributed by atoms with van der Waals surface area (Å²) in [5, 5.41) is 10.6. The van der Waals surface area contributed by atoms with Gasteiger partial charge in [0.2, 0.25) is 0 Å². The highest BCUT2D eigenvalue weighted by Crippen LogP contribution is 2.28. The molecule has 1 N–H and O–H groups in total. The molecule has 2 aliphatic heterocycles. The average molecular weight is 244 g/mol. The van der Waals surface area contributed by atoms with Gasteiger partial charge in [-0.25, -0.2) is 0 Å². The highest BCUT2D eigenvalue weighted by molar-refractivity contribution is 8.08. The first-order valence-electron chi connectivity index (χ1n) is 5.06. The Labute approximate surface area is 101 Å². The van der Waals surface area contributed by atoms with Gasteiger partial charge in [0.15, 0.2) is 0 Å². The molecule has 4 nitrogen and oxygen atoms in total. The molecule has 0 bridgehead atoms. The molecule has 1 aromatic rings. The number of carbonyl (C=O) groups is 1. The number of rotatable bonds is 3. The van der Waals surface area contributed by atoms with Crippen LogP contribution in [-0.2, 0) is 4.79 Å². The van der Waals surface area contributed by atoms with Gasteiger partial charge in [0.05, 0.1) is 16.8 Å². The molecule has 0 saturated heterocycles. The number of thioether (sulfide) groups is 1. The Morgan fingerprint density at radius 3 is 3.12 bits per heavy atom. The van der Waals surface area contributed by atoms with Gasteiger partial charge in [-0.2, -0.15) is 0 Å². The summed E-state index contributed by atoms with van der Waals surface area (Å²) in [5.41, 5.74) is 1.92. The molecule has 0 amide bonds. The maximum absolute atomic E-state index is 10.6. The number of hydrogen-bond donors (Lipinski definition) is 1. The van der Waals surface area contributed by atoms with Crippen molar-refractivity contribution in [1.29, 1.82) is 0 Å². The maximum atomic E-state index is 10.6. The van der Waals surface area contributed by atoms with Gasteiger partial charge in [-0.3, -0.25) is 14.8 Å². The Morgan fingerprint density at radius 1 is 1.41 bits per heavy atom. The van der Waals surface area contributed by atoms with Crippen LogP contribution in [0, 0.1) is 0 Å². The van der Waals surface area contributed by atoms with Crippen molar-refractivity contribution in [3.05, 3.63) is 34.5 Å². The molecule has 0 saturated carbocycles. The Balaban J connectivity index is 1.99. The van der Waals surface area contributed by atoms with Gasteiger partial charge in [0, 0.05) is 28.1 Å². The van der Waals surface area contributed by atoms with E-state index < -0.39 is 5.97 Å². The van der Waals surface area contributed by atoms with Crippen molar-refractivity contribution in [2.75, 3.05) is 5.75 Å². The van der Waals surface area contributed by atoms with E-state index in [9.17, 15) is 4.79 Å². The Bertz CT molecular complexity index is 689. The number of aliphatic imine (C=N–C) groups is 1. The lowest BCUT2D eigenvalue weighted by atomic mass is 10.1. The topological polar surface area (TPSA) is 62.0 Å². The van der Waals surface area contributed by atoms with Crippen molar-refractivity contribution in [3.8, 4) is 0 Å². The van der Waals surface area contributed by atoms with E-state index in [1.165, 1.54) is 11.8 Å². The number of aliphatic carboxylic acids is 1. The van der Waals surface area contributed by atoms with Gasteiger partial charge in [0.1, 0.15) is 0 Å². The van der Waals surface area contributed by atoms with Gasteiger partial charge in [-0.15, -0.1) is 11.8 Å². The molecule has 5 heteroatoms. The summed E-state index contributed by atoms with van der Waals surface area (Å²) in [6.07, 6.45) is 5.41. The van der Waals surface area contributed by atoms with Crippen LogP contribution in [0.2, 0.25) is 0 Å². The monoisotopic (exact) mass is 244 g/mol. The molecule has 0 atom stereocenters. The second-order valence-electron chi connectivity index (χ2n) is 3.64. The normalized spacial score (nSPS) is 14.7. The van der Waals surface area contributed by atoms with Crippen molar-refractivity contribution in [3.63, 3.8) is 0 Å². The van der Waals surface area contributed by atoms with Gasteiger partial charge in [-0.05, 0) is 18.2 Å². The molecule has 3 rings (SSSR count). The van der Waals surface area contributed by atoms with E-state index in [-0.39, 0.29) is 5.75 Å². The van der Waals surface area contributed by atoms with Crippen molar-refractivity contribution in [1.82, 2.24) is 0 Å². The van der Waals surface area contributed by atoms with Gasteiger partial charge < -0.3 is 5.11 Å². The van der Waals surface area contributed by atoms with Crippen molar-refractivity contribution in [2.24, 2.45) is 9.98 Å². The fourth-order valence-electron chi connectivity index (χ4n) is 1.85. The number of fused-ring (bicyclic) bond motifs is 3. The van der Waals surface area contributed by atoms with E-state index in [0.29, 0.717) is 0 Å². The third kappa shape index (κ3) is 1.68. The third-order valence-corrected chi connectivity index (χ3v) is 3.60. The van der Waals surface area contributed by atoms with Crippen molar-refractivity contribution >= 4 is 40.6 Å². The summed E-state index contributed by atoms with van der Waals surface area (Å²) >= 11 is 1.29. The van der Waals surface area contributed by atoms with Gasteiger partial charge >= 0.3 is 5.97 Å². The molecule has 1 aromatic carbocycles. The van der Waals surface area contributed by atoms with E-state index in [0.717, 1.165) is 26.7 Å². The second-order valence-corrected chi connectivity index (χ2v) is 4.66. The van der Waals surface area contributed by atoms with Crippen LogP contribution in [-0.4, -0.2) is 23.0 Å². The lowest BCUT2D eigenvalue weighted by Crippen LogP contribution is -2.25. The average Bonchev–Trinajstić information content (AvgIpc) is 2.91. The summed E-state index contributed by atoms with van der Waals surface area (Å²) in [4.78, 5) is 20.0. The first-order valence-corrected chi connectivity index (χ1v) is 6.04. The molecule has 0 unspecified atom stereocenters. The summed E-state index contributed by atoms with van der Waals surface area (Å²) in [5.74, 6) is -0.765. The number of carboxylic acids is 1. The SMILES string of the molecule is O=C(O)CSC1=CN=c2c1ccc1c2=CC=N1. The minimum Gasteiger partial charge on any atom is -0.481 e. The summed E-state index contributed by atoms with van der Waals surface area (Å²) in [6, 6.07) is 3.88. The summed E-state index contributed by atoms with van der Waals surface area (Å²) in [6.45, 7) is 0. The Morgan fingerprint density at radius 2 is 2.29 bits per heavy atom. The van der Waals surface area contributed by atoms with Crippen LogP contribution in [0.4, 0.5) is 5.69 Å². The summed E-state index contributed by atoms with van der Waals surface area (Å²) in [7, 11) is 0. The van der Waals surface area contributed by atoms with Crippen LogP contribution < -0.4 is 10.6 Å².